The number of anilines is 1. The summed E-state index contributed by atoms with van der Waals surface area (Å²) in [4.78, 5) is 25.7. The standard InChI is InChI=1S/C23H21ClN2O3/c24-20-10-6-17(7-11-20)14-25-15-22(27)26(16-18-4-2-1-3-5-18)21-12-8-19(9-13-21)23(28)29/h1-13,25H,14-16H2,(H,28,29). The molecule has 0 bridgehead atoms. The average Bonchev–Trinajstić information content (AvgIpc) is 2.74. The van der Waals surface area contributed by atoms with Crippen LogP contribution in [-0.2, 0) is 17.9 Å². The summed E-state index contributed by atoms with van der Waals surface area (Å²) < 4.78 is 0. The number of aromatic carboxylic acids is 1. The number of hydrogen-bond donors (Lipinski definition) is 2. The van der Waals surface area contributed by atoms with Crippen molar-refractivity contribution in [3.63, 3.8) is 0 Å². The molecule has 0 aliphatic rings. The van der Waals surface area contributed by atoms with E-state index in [0.29, 0.717) is 23.8 Å². The van der Waals surface area contributed by atoms with Gasteiger partial charge in [-0.3, -0.25) is 4.79 Å². The predicted octanol–water partition coefficient (Wildman–Crippen LogP) is 4.36. The molecule has 0 saturated heterocycles. The summed E-state index contributed by atoms with van der Waals surface area (Å²) in [5.74, 6) is -1.10. The molecule has 3 rings (SSSR count). The zero-order valence-electron chi connectivity index (χ0n) is 15.7. The normalized spacial score (nSPS) is 10.5. The first kappa shape index (κ1) is 20.6. The number of nitrogens with zero attached hydrogens (tertiary/aromatic N) is 1. The Morgan fingerprint density at radius 2 is 1.52 bits per heavy atom. The molecule has 2 N–H and O–H groups in total. The van der Waals surface area contributed by atoms with Crippen LogP contribution in [0.15, 0.2) is 78.9 Å². The van der Waals surface area contributed by atoms with Crippen molar-refractivity contribution in [2.45, 2.75) is 13.1 Å². The highest BCUT2D eigenvalue weighted by Crippen LogP contribution is 2.19. The van der Waals surface area contributed by atoms with Gasteiger partial charge in [0.25, 0.3) is 0 Å². The van der Waals surface area contributed by atoms with Crippen LogP contribution in [0.2, 0.25) is 5.02 Å². The van der Waals surface area contributed by atoms with Crippen LogP contribution in [0.4, 0.5) is 5.69 Å². The summed E-state index contributed by atoms with van der Waals surface area (Å²) >= 11 is 5.90. The quantitative estimate of drug-likeness (QED) is 0.581. The lowest BCUT2D eigenvalue weighted by molar-refractivity contribution is -0.118. The SMILES string of the molecule is O=C(O)c1ccc(N(Cc2ccccc2)C(=O)CNCc2ccc(Cl)cc2)cc1. The number of carboxylic acids is 1. The molecule has 0 radical (unpaired) electrons. The summed E-state index contributed by atoms with van der Waals surface area (Å²) in [7, 11) is 0. The Bertz CT molecular complexity index is 958. The van der Waals surface area contributed by atoms with Crippen molar-refractivity contribution in [3.8, 4) is 0 Å². The van der Waals surface area contributed by atoms with Gasteiger partial charge < -0.3 is 15.3 Å². The molecule has 0 spiro atoms. The number of benzene rings is 3. The molecule has 6 heteroatoms. The van der Waals surface area contributed by atoms with Crippen LogP contribution in [0.1, 0.15) is 21.5 Å². The van der Waals surface area contributed by atoms with Crippen molar-refractivity contribution in [2.75, 3.05) is 11.4 Å². The maximum atomic E-state index is 12.9. The number of carbonyl (C=O) groups is 2. The fourth-order valence-electron chi connectivity index (χ4n) is 2.88. The van der Waals surface area contributed by atoms with Crippen molar-refractivity contribution in [3.05, 3.63) is 101 Å². The van der Waals surface area contributed by atoms with Gasteiger partial charge >= 0.3 is 5.97 Å². The van der Waals surface area contributed by atoms with Crippen LogP contribution in [0.3, 0.4) is 0 Å². The second-order valence-electron chi connectivity index (χ2n) is 6.55. The van der Waals surface area contributed by atoms with E-state index in [0.717, 1.165) is 11.1 Å². The molecule has 3 aromatic rings. The zero-order valence-corrected chi connectivity index (χ0v) is 16.5. The van der Waals surface area contributed by atoms with Crippen molar-refractivity contribution in [1.29, 1.82) is 0 Å². The molecule has 0 aromatic heterocycles. The van der Waals surface area contributed by atoms with Gasteiger partial charge in [-0.1, -0.05) is 54.1 Å². The van der Waals surface area contributed by atoms with Crippen LogP contribution in [-0.4, -0.2) is 23.5 Å². The molecule has 0 aliphatic heterocycles. The van der Waals surface area contributed by atoms with Gasteiger partial charge in [-0.2, -0.15) is 0 Å². The molecule has 0 fully saturated rings. The highest BCUT2D eigenvalue weighted by atomic mass is 35.5. The van der Waals surface area contributed by atoms with Crippen molar-refractivity contribution in [2.24, 2.45) is 0 Å². The van der Waals surface area contributed by atoms with E-state index in [1.54, 1.807) is 17.0 Å². The summed E-state index contributed by atoms with van der Waals surface area (Å²) in [6.45, 7) is 1.09. The van der Waals surface area contributed by atoms with E-state index in [4.69, 9.17) is 16.7 Å². The minimum atomic E-state index is -0.998. The fraction of sp³-hybridized carbons (Fsp3) is 0.130. The lowest BCUT2D eigenvalue weighted by Crippen LogP contribution is -2.37. The van der Waals surface area contributed by atoms with Gasteiger partial charge in [0.2, 0.25) is 5.91 Å². The molecule has 3 aromatic carbocycles. The van der Waals surface area contributed by atoms with E-state index in [-0.39, 0.29) is 18.0 Å². The van der Waals surface area contributed by atoms with Crippen molar-refractivity contribution < 1.29 is 14.7 Å². The minimum absolute atomic E-state index is 0.106. The molecular formula is C23H21ClN2O3. The summed E-state index contributed by atoms with van der Waals surface area (Å²) in [5, 5.41) is 12.9. The molecule has 29 heavy (non-hydrogen) atoms. The van der Waals surface area contributed by atoms with E-state index >= 15 is 0 Å². The van der Waals surface area contributed by atoms with E-state index < -0.39 is 5.97 Å². The minimum Gasteiger partial charge on any atom is -0.478 e. The van der Waals surface area contributed by atoms with Crippen molar-refractivity contribution >= 4 is 29.2 Å². The number of amides is 1. The zero-order chi connectivity index (χ0) is 20.6. The van der Waals surface area contributed by atoms with Gasteiger partial charge in [0.05, 0.1) is 18.7 Å². The van der Waals surface area contributed by atoms with Gasteiger partial charge in [-0.15, -0.1) is 0 Å². The number of hydrogen-bond acceptors (Lipinski definition) is 3. The first-order chi connectivity index (χ1) is 14.0. The third-order valence-corrected chi connectivity index (χ3v) is 4.68. The largest absolute Gasteiger partial charge is 0.478 e. The molecule has 1 amide bonds. The topological polar surface area (TPSA) is 69.6 Å². The Balaban J connectivity index is 1.71. The summed E-state index contributed by atoms with van der Waals surface area (Å²) in [5.41, 5.74) is 2.85. The van der Waals surface area contributed by atoms with Crippen LogP contribution < -0.4 is 10.2 Å². The van der Waals surface area contributed by atoms with Gasteiger partial charge in [0.15, 0.2) is 0 Å². The van der Waals surface area contributed by atoms with E-state index in [1.807, 2.05) is 54.6 Å². The summed E-state index contributed by atoms with van der Waals surface area (Å²) in [6.07, 6.45) is 0. The molecule has 0 heterocycles. The first-order valence-corrected chi connectivity index (χ1v) is 9.53. The molecule has 0 saturated carbocycles. The number of nitrogens with one attached hydrogen (secondary N) is 1. The second-order valence-corrected chi connectivity index (χ2v) is 6.98. The second kappa shape index (κ2) is 9.87. The number of halogens is 1. The Hall–Kier alpha value is -3.15. The Labute approximate surface area is 174 Å². The smallest absolute Gasteiger partial charge is 0.335 e. The van der Waals surface area contributed by atoms with Gasteiger partial charge in [0, 0.05) is 17.3 Å². The fourth-order valence-corrected chi connectivity index (χ4v) is 3.01. The first-order valence-electron chi connectivity index (χ1n) is 9.16. The van der Waals surface area contributed by atoms with Crippen LogP contribution >= 0.6 is 11.6 Å². The third kappa shape index (κ3) is 5.91. The summed E-state index contributed by atoms with van der Waals surface area (Å²) in [6, 6.07) is 23.4. The molecule has 5 nitrogen and oxygen atoms in total. The average molecular weight is 409 g/mol. The molecule has 0 unspecified atom stereocenters. The van der Waals surface area contributed by atoms with Gasteiger partial charge in [0.1, 0.15) is 0 Å². The molecular weight excluding hydrogens is 388 g/mol. The lowest BCUT2D eigenvalue weighted by Gasteiger charge is -2.23. The highest BCUT2D eigenvalue weighted by Gasteiger charge is 2.16. The van der Waals surface area contributed by atoms with Gasteiger partial charge in [-0.05, 0) is 47.5 Å². The third-order valence-electron chi connectivity index (χ3n) is 4.43. The molecule has 0 aliphatic carbocycles. The maximum absolute atomic E-state index is 12.9. The van der Waals surface area contributed by atoms with Crippen molar-refractivity contribution in [1.82, 2.24) is 5.32 Å². The Morgan fingerprint density at radius 3 is 2.14 bits per heavy atom. The highest BCUT2D eigenvalue weighted by molar-refractivity contribution is 6.30. The number of carboxylic acid groups (broad SMARTS) is 1. The predicted molar refractivity (Wildman–Crippen MR) is 114 cm³/mol. The monoisotopic (exact) mass is 408 g/mol. The van der Waals surface area contributed by atoms with Crippen LogP contribution in [0, 0.1) is 0 Å². The van der Waals surface area contributed by atoms with Crippen LogP contribution in [0.5, 0.6) is 0 Å². The maximum Gasteiger partial charge on any atom is 0.335 e. The molecule has 148 valence electrons. The van der Waals surface area contributed by atoms with E-state index in [2.05, 4.69) is 5.32 Å². The Morgan fingerprint density at radius 1 is 0.862 bits per heavy atom. The number of carbonyl (C=O) groups excluding carboxylic acids is 1. The van der Waals surface area contributed by atoms with E-state index in [1.165, 1.54) is 12.1 Å². The number of rotatable bonds is 8. The van der Waals surface area contributed by atoms with E-state index in [9.17, 15) is 9.59 Å². The lowest BCUT2D eigenvalue weighted by atomic mass is 10.1. The van der Waals surface area contributed by atoms with Crippen LogP contribution in [0.25, 0.3) is 0 Å². The molecule has 0 atom stereocenters. The van der Waals surface area contributed by atoms with Gasteiger partial charge in [-0.25, -0.2) is 4.79 Å². The Kier molecular flexibility index (Phi) is 7.00.